The molecule has 5 aromatic rings. The highest BCUT2D eigenvalue weighted by molar-refractivity contribution is 5.98. The summed E-state index contributed by atoms with van der Waals surface area (Å²) in [5.74, 6) is 1.20. The number of benzene rings is 4. The Labute approximate surface area is 228 Å². The Balaban J connectivity index is 1.42. The summed E-state index contributed by atoms with van der Waals surface area (Å²) in [5.41, 5.74) is 8.93. The molecule has 5 rings (SSSR count). The lowest BCUT2D eigenvalue weighted by atomic mass is 10.0. The van der Waals surface area contributed by atoms with Crippen molar-refractivity contribution in [1.29, 1.82) is 0 Å². The summed E-state index contributed by atoms with van der Waals surface area (Å²) in [6.45, 7) is 4.62. The topological polar surface area (TPSA) is 73.3 Å². The third kappa shape index (κ3) is 5.75. The van der Waals surface area contributed by atoms with Crippen molar-refractivity contribution in [3.63, 3.8) is 0 Å². The molecule has 196 valence electrons. The number of rotatable bonds is 8. The third-order valence-corrected chi connectivity index (χ3v) is 6.66. The number of carbonyl (C=O) groups is 1. The molecule has 0 spiro atoms. The van der Waals surface area contributed by atoms with Crippen LogP contribution in [0.15, 0.2) is 84.9 Å². The number of hydrogen-bond acceptors (Lipinski definition) is 5. The quantitative estimate of drug-likeness (QED) is 0.252. The minimum absolute atomic E-state index is 0.154. The van der Waals surface area contributed by atoms with E-state index in [0.29, 0.717) is 35.5 Å². The van der Waals surface area contributed by atoms with Crippen molar-refractivity contribution in [2.24, 2.45) is 0 Å². The van der Waals surface area contributed by atoms with Crippen molar-refractivity contribution in [1.82, 2.24) is 15.3 Å². The number of aryl methyl sites for hydroxylation is 2. The summed E-state index contributed by atoms with van der Waals surface area (Å²) >= 11 is 0. The van der Waals surface area contributed by atoms with E-state index in [1.165, 1.54) is 0 Å². The highest BCUT2D eigenvalue weighted by Crippen LogP contribution is 2.32. The van der Waals surface area contributed by atoms with E-state index < -0.39 is 0 Å². The number of methoxy groups -OCH3 is 2. The van der Waals surface area contributed by atoms with Crippen LogP contribution in [0.25, 0.3) is 33.5 Å². The number of amides is 1. The molecule has 6 nitrogen and oxygen atoms in total. The standard InChI is InChI=1S/C33H31N3O3/c1-21-7-5-9-24(17-21)31-32(25-10-6-8-22(2)18-25)36-28-20-26(12-13-27(28)35-31)33(37)34-16-15-23-11-14-29(38-3)30(19-23)39-4/h5-14,17-20H,15-16H2,1-4H3,(H,34,37). The van der Waals surface area contributed by atoms with E-state index in [0.717, 1.165) is 44.7 Å². The van der Waals surface area contributed by atoms with E-state index in [1.54, 1.807) is 20.3 Å². The van der Waals surface area contributed by atoms with Crippen molar-refractivity contribution in [2.45, 2.75) is 20.3 Å². The molecule has 0 unspecified atom stereocenters. The monoisotopic (exact) mass is 517 g/mol. The van der Waals surface area contributed by atoms with Crippen molar-refractivity contribution >= 4 is 16.9 Å². The van der Waals surface area contributed by atoms with Crippen LogP contribution in [0.4, 0.5) is 0 Å². The zero-order valence-corrected chi connectivity index (χ0v) is 22.6. The molecule has 39 heavy (non-hydrogen) atoms. The van der Waals surface area contributed by atoms with E-state index >= 15 is 0 Å². The second-order valence-corrected chi connectivity index (χ2v) is 9.56. The lowest BCUT2D eigenvalue weighted by Crippen LogP contribution is -2.25. The number of nitrogens with zero attached hydrogens (tertiary/aromatic N) is 2. The van der Waals surface area contributed by atoms with Crippen LogP contribution in [0.1, 0.15) is 27.0 Å². The van der Waals surface area contributed by atoms with E-state index in [-0.39, 0.29) is 5.91 Å². The number of ether oxygens (including phenoxy) is 2. The number of hydrogen-bond donors (Lipinski definition) is 1. The maximum atomic E-state index is 13.0. The summed E-state index contributed by atoms with van der Waals surface area (Å²) in [4.78, 5) is 23.1. The fourth-order valence-electron chi connectivity index (χ4n) is 4.64. The molecule has 1 N–H and O–H groups in total. The fourth-order valence-corrected chi connectivity index (χ4v) is 4.64. The first-order valence-electron chi connectivity index (χ1n) is 12.9. The predicted octanol–water partition coefficient (Wildman–Crippen LogP) is 6.57. The Hall–Kier alpha value is -4.71. The van der Waals surface area contributed by atoms with Gasteiger partial charge in [-0.25, -0.2) is 9.97 Å². The summed E-state index contributed by atoms with van der Waals surface area (Å²) < 4.78 is 10.7. The maximum Gasteiger partial charge on any atom is 0.251 e. The highest BCUT2D eigenvalue weighted by Gasteiger charge is 2.15. The van der Waals surface area contributed by atoms with E-state index in [4.69, 9.17) is 19.4 Å². The Kier molecular flexibility index (Phi) is 7.55. The first-order valence-corrected chi connectivity index (χ1v) is 12.9. The van der Waals surface area contributed by atoms with Gasteiger partial charge in [0.05, 0.1) is 36.6 Å². The van der Waals surface area contributed by atoms with Gasteiger partial charge in [0.2, 0.25) is 0 Å². The molecule has 1 amide bonds. The molecule has 1 aromatic heterocycles. The van der Waals surface area contributed by atoms with Gasteiger partial charge in [-0.05, 0) is 68.3 Å². The average Bonchev–Trinajstić information content (AvgIpc) is 2.96. The zero-order valence-electron chi connectivity index (χ0n) is 22.6. The molecule has 6 heteroatoms. The molecule has 0 fully saturated rings. The van der Waals surface area contributed by atoms with Crippen LogP contribution in [-0.4, -0.2) is 36.6 Å². The summed E-state index contributed by atoms with van der Waals surface area (Å²) in [7, 11) is 3.22. The largest absolute Gasteiger partial charge is 0.493 e. The molecule has 1 heterocycles. The van der Waals surface area contributed by atoms with Gasteiger partial charge in [0, 0.05) is 23.2 Å². The first kappa shape index (κ1) is 25.9. The third-order valence-electron chi connectivity index (χ3n) is 6.66. The molecule has 4 aromatic carbocycles. The molecule has 0 atom stereocenters. The van der Waals surface area contributed by atoms with Gasteiger partial charge in [-0.15, -0.1) is 0 Å². The Morgan fingerprint density at radius 3 is 1.97 bits per heavy atom. The van der Waals surface area contributed by atoms with Crippen molar-refractivity contribution in [3.05, 3.63) is 107 Å². The van der Waals surface area contributed by atoms with Gasteiger partial charge < -0.3 is 14.8 Å². The molecule has 0 radical (unpaired) electrons. The highest BCUT2D eigenvalue weighted by atomic mass is 16.5. The first-order chi connectivity index (χ1) is 18.9. The van der Waals surface area contributed by atoms with Gasteiger partial charge in [0.25, 0.3) is 5.91 Å². The summed E-state index contributed by atoms with van der Waals surface area (Å²) in [6.07, 6.45) is 0.664. The van der Waals surface area contributed by atoms with Crippen LogP contribution in [0, 0.1) is 13.8 Å². The van der Waals surface area contributed by atoms with Gasteiger partial charge >= 0.3 is 0 Å². The Bertz CT molecular complexity index is 1660. The molecule has 0 saturated heterocycles. The van der Waals surface area contributed by atoms with Crippen LogP contribution in [-0.2, 0) is 6.42 Å². The number of aromatic nitrogens is 2. The fraction of sp³-hybridized carbons (Fsp3) is 0.182. The molecule has 0 aliphatic carbocycles. The van der Waals surface area contributed by atoms with Crippen LogP contribution >= 0.6 is 0 Å². The molecular formula is C33H31N3O3. The number of nitrogens with one attached hydrogen (secondary N) is 1. The normalized spacial score (nSPS) is 10.9. The number of carbonyl (C=O) groups excluding carboxylic acids is 1. The van der Waals surface area contributed by atoms with Gasteiger partial charge in [-0.3, -0.25) is 4.79 Å². The Morgan fingerprint density at radius 2 is 1.36 bits per heavy atom. The van der Waals surface area contributed by atoms with Gasteiger partial charge in [0.15, 0.2) is 11.5 Å². The maximum absolute atomic E-state index is 13.0. The molecular weight excluding hydrogens is 486 g/mol. The van der Waals surface area contributed by atoms with Crippen LogP contribution in [0.2, 0.25) is 0 Å². The molecule has 0 aliphatic rings. The predicted molar refractivity (Wildman–Crippen MR) is 155 cm³/mol. The molecule has 0 bridgehead atoms. The smallest absolute Gasteiger partial charge is 0.251 e. The van der Waals surface area contributed by atoms with Crippen molar-refractivity contribution < 1.29 is 14.3 Å². The van der Waals surface area contributed by atoms with Crippen molar-refractivity contribution in [3.8, 4) is 34.0 Å². The summed E-state index contributed by atoms with van der Waals surface area (Å²) in [5, 5.41) is 3.02. The summed E-state index contributed by atoms with van der Waals surface area (Å²) in [6, 6.07) is 27.8. The molecule has 0 saturated carbocycles. The van der Waals surface area contributed by atoms with Gasteiger partial charge in [-0.2, -0.15) is 0 Å². The minimum atomic E-state index is -0.154. The Morgan fingerprint density at radius 1 is 0.718 bits per heavy atom. The van der Waals surface area contributed by atoms with Gasteiger partial charge in [0.1, 0.15) is 0 Å². The lowest BCUT2D eigenvalue weighted by Gasteiger charge is -2.13. The SMILES string of the molecule is COc1ccc(CCNC(=O)c2ccc3nc(-c4cccc(C)c4)c(-c4cccc(C)c4)nc3c2)cc1OC. The van der Waals surface area contributed by atoms with Crippen LogP contribution in [0.3, 0.4) is 0 Å². The second kappa shape index (κ2) is 11.4. The van der Waals surface area contributed by atoms with Crippen LogP contribution in [0.5, 0.6) is 11.5 Å². The van der Waals surface area contributed by atoms with Crippen molar-refractivity contribution in [2.75, 3.05) is 20.8 Å². The average molecular weight is 518 g/mol. The number of fused-ring (bicyclic) bond motifs is 1. The lowest BCUT2D eigenvalue weighted by molar-refractivity contribution is 0.0954. The zero-order chi connectivity index (χ0) is 27.4. The van der Waals surface area contributed by atoms with E-state index in [1.807, 2.05) is 48.5 Å². The van der Waals surface area contributed by atoms with Crippen LogP contribution < -0.4 is 14.8 Å². The second-order valence-electron chi connectivity index (χ2n) is 9.56. The minimum Gasteiger partial charge on any atom is -0.493 e. The van der Waals surface area contributed by atoms with E-state index in [2.05, 4.69) is 49.5 Å². The molecule has 0 aliphatic heterocycles. The van der Waals surface area contributed by atoms with Gasteiger partial charge in [-0.1, -0.05) is 53.6 Å². The van der Waals surface area contributed by atoms with E-state index in [9.17, 15) is 4.79 Å².